The minimum atomic E-state index is 0.148. The molecule has 132 valence electrons. The number of hydrogen-bond donors (Lipinski definition) is 0. The van der Waals surface area contributed by atoms with E-state index in [1.165, 1.54) is 16.8 Å². The Labute approximate surface area is 151 Å². The zero-order chi connectivity index (χ0) is 18.2. The number of ether oxygens (including phenoxy) is 1. The average molecular weight is 336 g/mol. The second-order valence-electron chi connectivity index (χ2n) is 7.72. The van der Waals surface area contributed by atoms with Gasteiger partial charge in [-0.3, -0.25) is 4.99 Å². The van der Waals surface area contributed by atoms with Crippen LogP contribution in [0.2, 0.25) is 0 Å². The van der Waals surface area contributed by atoms with E-state index in [4.69, 9.17) is 4.74 Å². The Kier molecular flexibility index (Phi) is 4.59. The molecular formula is C22H28N2O. The molecule has 0 N–H and O–H groups in total. The van der Waals surface area contributed by atoms with Crippen molar-refractivity contribution < 1.29 is 4.74 Å². The first-order chi connectivity index (χ1) is 11.8. The molecule has 0 spiro atoms. The number of aliphatic imine (C=N–C) groups is 1. The minimum Gasteiger partial charge on any atom is -0.496 e. The number of methoxy groups -OCH3 is 1. The van der Waals surface area contributed by atoms with E-state index in [1.54, 1.807) is 7.11 Å². The molecule has 0 bridgehead atoms. The molecule has 3 heteroatoms. The van der Waals surface area contributed by atoms with E-state index < -0.39 is 0 Å². The van der Waals surface area contributed by atoms with Crippen molar-refractivity contribution in [2.45, 2.75) is 45.6 Å². The van der Waals surface area contributed by atoms with Crippen molar-refractivity contribution in [3.05, 3.63) is 53.1 Å². The summed E-state index contributed by atoms with van der Waals surface area (Å²) in [4.78, 5) is 7.00. The van der Waals surface area contributed by atoms with Crippen LogP contribution in [0.1, 0.15) is 49.8 Å². The molecule has 0 saturated carbocycles. The first-order valence-electron chi connectivity index (χ1n) is 8.88. The monoisotopic (exact) mass is 336 g/mol. The van der Waals surface area contributed by atoms with Gasteiger partial charge in [-0.05, 0) is 56.9 Å². The second-order valence-corrected chi connectivity index (χ2v) is 7.72. The predicted octanol–water partition coefficient (Wildman–Crippen LogP) is 5.48. The Morgan fingerprint density at radius 2 is 1.88 bits per heavy atom. The van der Waals surface area contributed by atoms with Crippen LogP contribution >= 0.6 is 0 Å². The molecule has 0 fully saturated rings. The highest BCUT2D eigenvalue weighted by atomic mass is 16.5. The Morgan fingerprint density at radius 1 is 1.20 bits per heavy atom. The maximum Gasteiger partial charge on any atom is 0.129 e. The Morgan fingerprint density at radius 3 is 2.52 bits per heavy atom. The summed E-state index contributed by atoms with van der Waals surface area (Å²) in [6.07, 6.45) is 3.05. The Bertz CT molecular complexity index is 790. The minimum absolute atomic E-state index is 0.148. The predicted molar refractivity (Wildman–Crippen MR) is 107 cm³/mol. The third-order valence-corrected chi connectivity index (χ3v) is 5.37. The molecule has 3 rings (SSSR count). The molecule has 1 unspecified atom stereocenters. The summed E-state index contributed by atoms with van der Waals surface area (Å²) in [5, 5.41) is 0. The Balaban J connectivity index is 2.01. The van der Waals surface area contributed by atoms with Crippen LogP contribution in [0.3, 0.4) is 0 Å². The van der Waals surface area contributed by atoms with Gasteiger partial charge >= 0.3 is 0 Å². The highest BCUT2D eigenvalue weighted by molar-refractivity contribution is 5.87. The van der Waals surface area contributed by atoms with Gasteiger partial charge in [-0.25, -0.2) is 0 Å². The molecular weight excluding hydrogens is 308 g/mol. The third kappa shape index (κ3) is 3.41. The molecule has 0 aliphatic carbocycles. The summed E-state index contributed by atoms with van der Waals surface area (Å²) >= 11 is 0. The Hall–Kier alpha value is -2.29. The fourth-order valence-corrected chi connectivity index (χ4v) is 3.66. The highest BCUT2D eigenvalue weighted by Gasteiger charge is 2.34. The SMILES string of the molecule is COc1cc2c(cc1C=Nc1ccc(C)cc1)C(C)CC(C)(C)N2C. The maximum atomic E-state index is 5.65. The normalized spacial score (nSPS) is 19.1. The van der Waals surface area contributed by atoms with Gasteiger partial charge in [0.05, 0.1) is 12.8 Å². The summed E-state index contributed by atoms with van der Waals surface area (Å²) in [5.41, 5.74) is 6.00. The quantitative estimate of drug-likeness (QED) is 0.694. The second kappa shape index (κ2) is 6.55. The van der Waals surface area contributed by atoms with E-state index >= 15 is 0 Å². The van der Waals surface area contributed by atoms with Crippen LogP contribution in [0, 0.1) is 6.92 Å². The van der Waals surface area contributed by atoms with Crippen molar-refractivity contribution in [2.75, 3.05) is 19.1 Å². The third-order valence-electron chi connectivity index (χ3n) is 5.37. The van der Waals surface area contributed by atoms with Gasteiger partial charge in [-0.1, -0.05) is 24.6 Å². The average Bonchev–Trinajstić information content (AvgIpc) is 2.58. The molecule has 0 radical (unpaired) electrons. The number of hydrogen-bond acceptors (Lipinski definition) is 3. The summed E-state index contributed by atoms with van der Waals surface area (Å²) in [7, 11) is 3.90. The molecule has 1 aliphatic heterocycles. The number of rotatable bonds is 3. The van der Waals surface area contributed by atoms with E-state index in [2.05, 4.69) is 68.9 Å². The van der Waals surface area contributed by atoms with E-state index in [1.807, 2.05) is 18.3 Å². The van der Waals surface area contributed by atoms with Crippen LogP contribution in [0.4, 0.5) is 11.4 Å². The van der Waals surface area contributed by atoms with E-state index in [-0.39, 0.29) is 5.54 Å². The zero-order valence-electron chi connectivity index (χ0n) is 16.1. The maximum absolute atomic E-state index is 5.65. The number of benzene rings is 2. The van der Waals surface area contributed by atoms with Crippen LogP contribution in [0.5, 0.6) is 5.75 Å². The van der Waals surface area contributed by atoms with Gasteiger partial charge in [0.2, 0.25) is 0 Å². The first-order valence-corrected chi connectivity index (χ1v) is 8.88. The number of nitrogens with zero attached hydrogens (tertiary/aromatic N) is 2. The largest absolute Gasteiger partial charge is 0.496 e. The van der Waals surface area contributed by atoms with Crippen LogP contribution < -0.4 is 9.64 Å². The summed E-state index contributed by atoms with van der Waals surface area (Å²) in [5.74, 6) is 1.38. The lowest BCUT2D eigenvalue weighted by atomic mass is 9.80. The van der Waals surface area contributed by atoms with Gasteiger partial charge < -0.3 is 9.64 Å². The van der Waals surface area contributed by atoms with Crippen molar-refractivity contribution in [2.24, 2.45) is 4.99 Å². The molecule has 1 heterocycles. The number of aryl methyl sites for hydroxylation is 1. The number of anilines is 1. The van der Waals surface area contributed by atoms with Gasteiger partial charge in [0, 0.05) is 36.1 Å². The van der Waals surface area contributed by atoms with Crippen molar-refractivity contribution in [1.82, 2.24) is 0 Å². The van der Waals surface area contributed by atoms with Crippen LogP contribution in [0.25, 0.3) is 0 Å². The highest BCUT2D eigenvalue weighted by Crippen LogP contribution is 2.44. The summed E-state index contributed by atoms with van der Waals surface area (Å²) in [6, 6.07) is 12.6. The smallest absolute Gasteiger partial charge is 0.129 e. The van der Waals surface area contributed by atoms with Gasteiger partial charge in [-0.2, -0.15) is 0 Å². The molecule has 2 aromatic rings. The fraction of sp³-hybridized carbons (Fsp3) is 0.409. The van der Waals surface area contributed by atoms with Gasteiger partial charge in [-0.15, -0.1) is 0 Å². The molecule has 0 saturated heterocycles. The van der Waals surface area contributed by atoms with Gasteiger partial charge in [0.25, 0.3) is 0 Å². The van der Waals surface area contributed by atoms with Crippen LogP contribution in [-0.4, -0.2) is 25.9 Å². The van der Waals surface area contributed by atoms with Crippen LogP contribution in [0.15, 0.2) is 41.4 Å². The number of fused-ring (bicyclic) bond motifs is 1. The standard InChI is InChI=1S/C22H28N2O/c1-15-7-9-18(10-8-15)23-14-17-11-19-16(2)13-22(3,4)24(5)20(19)12-21(17)25-6/h7-12,14,16H,13H2,1-6H3. The summed E-state index contributed by atoms with van der Waals surface area (Å²) in [6.45, 7) is 8.98. The van der Waals surface area contributed by atoms with Crippen molar-refractivity contribution in [3.63, 3.8) is 0 Å². The zero-order valence-corrected chi connectivity index (χ0v) is 16.1. The lowest BCUT2D eigenvalue weighted by molar-refractivity contribution is 0.389. The van der Waals surface area contributed by atoms with Crippen molar-refractivity contribution in [3.8, 4) is 5.75 Å². The molecule has 3 nitrogen and oxygen atoms in total. The fourth-order valence-electron chi connectivity index (χ4n) is 3.66. The molecule has 1 aliphatic rings. The van der Waals surface area contributed by atoms with Crippen molar-refractivity contribution >= 4 is 17.6 Å². The lowest BCUT2D eigenvalue weighted by Crippen LogP contribution is -2.45. The van der Waals surface area contributed by atoms with E-state index in [0.717, 1.165) is 23.4 Å². The summed E-state index contributed by atoms with van der Waals surface area (Å²) < 4.78 is 5.65. The molecule has 2 aromatic carbocycles. The van der Waals surface area contributed by atoms with Crippen molar-refractivity contribution in [1.29, 1.82) is 0 Å². The topological polar surface area (TPSA) is 24.8 Å². The van der Waals surface area contributed by atoms with Gasteiger partial charge in [0.15, 0.2) is 0 Å². The van der Waals surface area contributed by atoms with Crippen LogP contribution in [-0.2, 0) is 0 Å². The molecule has 0 amide bonds. The lowest BCUT2D eigenvalue weighted by Gasteiger charge is -2.45. The van der Waals surface area contributed by atoms with Gasteiger partial charge in [0.1, 0.15) is 5.75 Å². The molecule has 0 aromatic heterocycles. The molecule has 25 heavy (non-hydrogen) atoms. The van der Waals surface area contributed by atoms with E-state index in [9.17, 15) is 0 Å². The van der Waals surface area contributed by atoms with E-state index in [0.29, 0.717) is 5.92 Å². The first kappa shape index (κ1) is 17.5. The molecule has 1 atom stereocenters.